The van der Waals surface area contributed by atoms with Gasteiger partial charge in [-0.25, -0.2) is 14.6 Å². The molecule has 0 saturated carbocycles. The van der Waals surface area contributed by atoms with Crippen LogP contribution in [-0.2, 0) is 11.2 Å². The molecule has 0 aliphatic heterocycles. The lowest BCUT2D eigenvalue weighted by Gasteiger charge is -2.27. The molecule has 0 aliphatic carbocycles. The van der Waals surface area contributed by atoms with E-state index in [0.29, 0.717) is 25.3 Å². The van der Waals surface area contributed by atoms with E-state index in [1.54, 1.807) is 55.7 Å². The highest BCUT2D eigenvalue weighted by Gasteiger charge is 2.29. The predicted octanol–water partition coefficient (Wildman–Crippen LogP) is 2.25. The zero-order valence-corrected chi connectivity index (χ0v) is 15.8. The van der Waals surface area contributed by atoms with Crippen LogP contribution >= 0.6 is 0 Å². The van der Waals surface area contributed by atoms with Gasteiger partial charge in [0.2, 0.25) is 0 Å². The predicted molar refractivity (Wildman–Crippen MR) is 101 cm³/mol. The third-order valence-corrected chi connectivity index (χ3v) is 4.56. The number of nitrogens with zero attached hydrogens (tertiary/aromatic N) is 2. The van der Waals surface area contributed by atoms with E-state index < -0.39 is 24.0 Å². The topological polar surface area (TPSA) is 108 Å². The fourth-order valence-electron chi connectivity index (χ4n) is 2.80. The molecule has 3 N–H and O–H groups in total. The van der Waals surface area contributed by atoms with Gasteiger partial charge in [-0.1, -0.05) is 19.1 Å². The molecule has 0 fully saturated rings. The van der Waals surface area contributed by atoms with Crippen LogP contribution in [0.2, 0.25) is 0 Å². The van der Waals surface area contributed by atoms with Crippen molar-refractivity contribution >= 4 is 12.0 Å². The summed E-state index contributed by atoms with van der Waals surface area (Å²) in [7, 11) is 1.57. The summed E-state index contributed by atoms with van der Waals surface area (Å²) < 4.78 is 5.13. The van der Waals surface area contributed by atoms with E-state index in [-0.39, 0.29) is 0 Å². The fourth-order valence-corrected chi connectivity index (χ4v) is 2.80. The van der Waals surface area contributed by atoms with Gasteiger partial charge in [-0.05, 0) is 24.6 Å². The number of carboxylic acid groups (broad SMARTS) is 1. The van der Waals surface area contributed by atoms with Gasteiger partial charge >= 0.3 is 12.0 Å². The maximum Gasteiger partial charge on any atom is 0.326 e. The number of aliphatic carboxylic acids is 1. The first kappa shape index (κ1) is 20.3. The second-order valence-corrected chi connectivity index (χ2v) is 6.23. The van der Waals surface area contributed by atoms with Crippen LogP contribution in [0.5, 0.6) is 5.75 Å². The Hall–Kier alpha value is -3.03. The molecule has 0 aliphatic rings. The third kappa shape index (κ3) is 5.47. The Kier molecular flexibility index (Phi) is 7.22. The Bertz CT molecular complexity index is 731. The molecule has 8 heteroatoms. The zero-order valence-electron chi connectivity index (χ0n) is 15.8. The number of carbonyl (C=O) groups is 2. The first-order valence-corrected chi connectivity index (χ1v) is 8.85. The van der Waals surface area contributed by atoms with Gasteiger partial charge < -0.3 is 25.0 Å². The van der Waals surface area contributed by atoms with Crippen molar-refractivity contribution in [1.29, 1.82) is 0 Å². The van der Waals surface area contributed by atoms with E-state index >= 15 is 0 Å². The smallest absolute Gasteiger partial charge is 0.326 e. The quantitative estimate of drug-likeness (QED) is 0.624. The number of likely N-dealkylation sites (N-methyl/N-ethyl adjacent to an activating group) is 1. The number of benzene rings is 1. The number of aromatic nitrogens is 2. The number of rotatable bonds is 9. The van der Waals surface area contributed by atoms with Gasteiger partial charge in [-0.2, -0.15) is 0 Å². The molecule has 27 heavy (non-hydrogen) atoms. The maximum absolute atomic E-state index is 12.6. The average Bonchev–Trinajstić information content (AvgIpc) is 3.19. The number of imidazole rings is 1. The summed E-state index contributed by atoms with van der Waals surface area (Å²) in [5.74, 6) is -0.780. The summed E-state index contributed by atoms with van der Waals surface area (Å²) in [5.41, 5.74) is 1.73. The van der Waals surface area contributed by atoms with Crippen LogP contribution in [0.1, 0.15) is 31.0 Å². The van der Waals surface area contributed by atoms with Crippen LogP contribution in [0.15, 0.2) is 36.8 Å². The van der Waals surface area contributed by atoms with Gasteiger partial charge in [0.25, 0.3) is 0 Å². The molecular weight excluding hydrogens is 348 g/mol. The van der Waals surface area contributed by atoms with E-state index in [1.807, 2.05) is 6.92 Å². The standard InChI is InChI=1S/C19H26N4O4/c1-4-23(10-9-15-11-20-12-21-15)19(26)22-17(18(24)25)13(2)14-5-7-16(27-3)8-6-14/h5-8,11-13,17H,4,9-10H2,1-3H3,(H,20,21)(H,22,26)(H,24,25). The van der Waals surface area contributed by atoms with Crippen molar-refractivity contribution in [2.24, 2.45) is 0 Å². The van der Waals surface area contributed by atoms with Crippen LogP contribution < -0.4 is 10.1 Å². The zero-order chi connectivity index (χ0) is 19.8. The minimum atomic E-state index is -1.07. The summed E-state index contributed by atoms with van der Waals surface area (Å²) in [6.07, 6.45) is 3.91. The van der Waals surface area contributed by atoms with E-state index in [0.717, 1.165) is 11.3 Å². The number of nitrogens with one attached hydrogen (secondary N) is 2. The summed E-state index contributed by atoms with van der Waals surface area (Å²) >= 11 is 0. The lowest BCUT2D eigenvalue weighted by molar-refractivity contribution is -0.139. The van der Waals surface area contributed by atoms with Gasteiger partial charge in [0.1, 0.15) is 11.8 Å². The number of hydrogen-bond acceptors (Lipinski definition) is 4. The monoisotopic (exact) mass is 374 g/mol. The summed E-state index contributed by atoms with van der Waals surface area (Å²) in [5, 5.41) is 12.3. The van der Waals surface area contributed by atoms with Crippen molar-refractivity contribution < 1.29 is 19.4 Å². The second kappa shape index (κ2) is 9.61. The van der Waals surface area contributed by atoms with Crippen LogP contribution in [0, 0.1) is 0 Å². The van der Waals surface area contributed by atoms with Crippen molar-refractivity contribution in [3.05, 3.63) is 48.0 Å². The second-order valence-electron chi connectivity index (χ2n) is 6.23. The fraction of sp³-hybridized carbons (Fsp3) is 0.421. The summed E-state index contributed by atoms with van der Waals surface area (Å²) in [6.45, 7) is 4.58. The van der Waals surface area contributed by atoms with E-state index in [4.69, 9.17) is 4.74 Å². The van der Waals surface area contributed by atoms with E-state index in [9.17, 15) is 14.7 Å². The molecule has 2 unspecified atom stereocenters. The molecule has 0 bridgehead atoms. The summed E-state index contributed by atoms with van der Waals surface area (Å²) in [6, 6.07) is 5.73. The van der Waals surface area contributed by atoms with Crippen molar-refractivity contribution in [2.75, 3.05) is 20.2 Å². The molecule has 1 aromatic heterocycles. The lowest BCUT2D eigenvalue weighted by Crippen LogP contribution is -2.50. The molecule has 1 aromatic carbocycles. The SMILES string of the molecule is CCN(CCc1cnc[nH]1)C(=O)NC(C(=O)O)C(C)c1ccc(OC)cc1. The number of carboxylic acids is 1. The van der Waals surface area contributed by atoms with E-state index in [1.165, 1.54) is 0 Å². The van der Waals surface area contributed by atoms with Crippen LogP contribution in [0.25, 0.3) is 0 Å². The molecule has 2 amide bonds. The number of amides is 2. The molecule has 2 rings (SSSR count). The van der Waals surface area contributed by atoms with E-state index in [2.05, 4.69) is 15.3 Å². The van der Waals surface area contributed by atoms with Crippen molar-refractivity contribution in [2.45, 2.75) is 32.2 Å². The highest BCUT2D eigenvalue weighted by atomic mass is 16.5. The molecule has 0 saturated heterocycles. The van der Waals surface area contributed by atoms with Crippen LogP contribution in [0.3, 0.4) is 0 Å². The Morgan fingerprint density at radius 3 is 2.56 bits per heavy atom. The minimum Gasteiger partial charge on any atom is -0.497 e. The third-order valence-electron chi connectivity index (χ3n) is 4.56. The van der Waals surface area contributed by atoms with Gasteiger partial charge in [0, 0.05) is 37.3 Å². The number of ether oxygens (including phenoxy) is 1. The van der Waals surface area contributed by atoms with Gasteiger partial charge in [-0.15, -0.1) is 0 Å². The van der Waals surface area contributed by atoms with Gasteiger partial charge in [0.15, 0.2) is 0 Å². The highest BCUT2D eigenvalue weighted by Crippen LogP contribution is 2.22. The Morgan fingerprint density at radius 2 is 2.04 bits per heavy atom. The number of H-pyrrole nitrogens is 1. The molecule has 0 spiro atoms. The highest BCUT2D eigenvalue weighted by molar-refractivity contribution is 5.83. The van der Waals surface area contributed by atoms with Crippen LogP contribution in [0.4, 0.5) is 4.79 Å². The number of hydrogen-bond donors (Lipinski definition) is 3. The molecule has 0 radical (unpaired) electrons. The number of carbonyl (C=O) groups excluding carboxylic acids is 1. The number of aromatic amines is 1. The lowest BCUT2D eigenvalue weighted by atomic mass is 9.93. The number of urea groups is 1. The Morgan fingerprint density at radius 1 is 1.33 bits per heavy atom. The van der Waals surface area contributed by atoms with Gasteiger partial charge in [-0.3, -0.25) is 0 Å². The Labute approximate surface area is 158 Å². The first-order chi connectivity index (χ1) is 13.0. The number of methoxy groups -OCH3 is 1. The molecule has 146 valence electrons. The normalized spacial score (nSPS) is 12.9. The molecular formula is C19H26N4O4. The van der Waals surface area contributed by atoms with Crippen molar-refractivity contribution in [3.8, 4) is 5.75 Å². The van der Waals surface area contributed by atoms with Crippen molar-refractivity contribution in [1.82, 2.24) is 20.2 Å². The molecule has 1 heterocycles. The first-order valence-electron chi connectivity index (χ1n) is 8.85. The molecule has 2 atom stereocenters. The Balaban J connectivity index is 2.03. The van der Waals surface area contributed by atoms with Crippen molar-refractivity contribution in [3.63, 3.8) is 0 Å². The van der Waals surface area contributed by atoms with Crippen LogP contribution in [-0.4, -0.2) is 58.2 Å². The maximum atomic E-state index is 12.6. The molecule has 2 aromatic rings. The van der Waals surface area contributed by atoms with Gasteiger partial charge in [0.05, 0.1) is 13.4 Å². The molecule has 8 nitrogen and oxygen atoms in total. The average molecular weight is 374 g/mol. The largest absolute Gasteiger partial charge is 0.497 e. The minimum absolute atomic E-state index is 0.398. The summed E-state index contributed by atoms with van der Waals surface area (Å²) in [4.78, 5) is 32.9.